The van der Waals surface area contributed by atoms with Crippen molar-refractivity contribution in [1.29, 1.82) is 0 Å². The maximum atomic E-state index is 11.7. The van der Waals surface area contributed by atoms with E-state index in [1.54, 1.807) is 6.08 Å². The molecule has 0 radical (unpaired) electrons. The summed E-state index contributed by atoms with van der Waals surface area (Å²) in [6.07, 6.45) is 1.57. The molecule has 0 saturated carbocycles. The van der Waals surface area contributed by atoms with Crippen LogP contribution in [0.1, 0.15) is 13.8 Å². The fourth-order valence-corrected chi connectivity index (χ4v) is 3.00. The van der Waals surface area contributed by atoms with Crippen molar-refractivity contribution in [2.45, 2.75) is 13.8 Å². The van der Waals surface area contributed by atoms with Gasteiger partial charge in [0.25, 0.3) is 0 Å². The quantitative estimate of drug-likeness (QED) is 0.710. The van der Waals surface area contributed by atoms with Crippen LogP contribution in [-0.2, 0) is 4.79 Å². The number of carbonyl (C=O) groups is 1. The van der Waals surface area contributed by atoms with Gasteiger partial charge in [-0.2, -0.15) is 0 Å². The summed E-state index contributed by atoms with van der Waals surface area (Å²) in [5.41, 5.74) is 1.91. The molecule has 0 fully saturated rings. The van der Waals surface area contributed by atoms with Gasteiger partial charge in [0.15, 0.2) is 5.13 Å². The first-order valence-corrected chi connectivity index (χ1v) is 7.19. The first-order chi connectivity index (χ1) is 9.63. The molecule has 0 aliphatic carbocycles. The van der Waals surface area contributed by atoms with E-state index in [9.17, 15) is 4.79 Å². The number of hydrogen-bond acceptors (Lipinski definition) is 3. The topological polar surface area (TPSA) is 42.0 Å². The SMILES string of the molecule is CC(C)=CC(=O)Nc1nc2c(ccc3ccccc32)s1. The molecule has 1 heterocycles. The zero-order chi connectivity index (χ0) is 14.1. The summed E-state index contributed by atoms with van der Waals surface area (Å²) in [7, 11) is 0. The van der Waals surface area contributed by atoms with E-state index in [1.807, 2.05) is 32.0 Å². The van der Waals surface area contributed by atoms with E-state index in [0.29, 0.717) is 5.13 Å². The maximum Gasteiger partial charge on any atom is 0.250 e. The minimum absolute atomic E-state index is 0.131. The molecule has 3 aromatic rings. The zero-order valence-corrected chi connectivity index (χ0v) is 12.1. The number of thiazole rings is 1. The lowest BCUT2D eigenvalue weighted by atomic mass is 10.1. The van der Waals surface area contributed by atoms with Gasteiger partial charge in [-0.1, -0.05) is 47.2 Å². The van der Waals surface area contributed by atoms with Gasteiger partial charge in [-0.05, 0) is 25.3 Å². The lowest BCUT2D eigenvalue weighted by Gasteiger charge is -1.97. The molecule has 0 atom stereocenters. The fraction of sp³-hybridized carbons (Fsp3) is 0.125. The number of nitrogens with one attached hydrogen (secondary N) is 1. The molecule has 0 spiro atoms. The van der Waals surface area contributed by atoms with Gasteiger partial charge < -0.3 is 0 Å². The van der Waals surface area contributed by atoms with Gasteiger partial charge in [0.2, 0.25) is 5.91 Å². The lowest BCUT2D eigenvalue weighted by molar-refractivity contribution is -0.111. The number of allylic oxidation sites excluding steroid dienone is 1. The summed E-state index contributed by atoms with van der Waals surface area (Å²) in [4.78, 5) is 16.3. The molecule has 0 saturated heterocycles. The van der Waals surface area contributed by atoms with E-state index in [2.05, 4.69) is 28.5 Å². The van der Waals surface area contributed by atoms with Gasteiger partial charge >= 0.3 is 0 Å². The Kier molecular flexibility index (Phi) is 3.24. The number of fused-ring (bicyclic) bond motifs is 3. The van der Waals surface area contributed by atoms with Crippen molar-refractivity contribution < 1.29 is 4.79 Å². The van der Waals surface area contributed by atoms with E-state index in [4.69, 9.17) is 0 Å². The summed E-state index contributed by atoms with van der Waals surface area (Å²) in [5.74, 6) is -0.131. The van der Waals surface area contributed by atoms with E-state index in [0.717, 1.165) is 26.6 Å². The van der Waals surface area contributed by atoms with Crippen molar-refractivity contribution >= 4 is 43.4 Å². The monoisotopic (exact) mass is 282 g/mol. The third kappa shape index (κ3) is 2.42. The van der Waals surface area contributed by atoms with Gasteiger partial charge in [0.1, 0.15) is 0 Å². The largest absolute Gasteiger partial charge is 0.298 e. The molecule has 0 bridgehead atoms. The Hall–Kier alpha value is -2.20. The molecule has 20 heavy (non-hydrogen) atoms. The standard InChI is InChI=1S/C16H14N2OS/c1-10(2)9-14(19)17-16-18-15-12-6-4-3-5-11(12)7-8-13(15)20-16/h3-9H,1-2H3,(H,17,18,19). The molecular weight excluding hydrogens is 268 g/mol. The minimum Gasteiger partial charge on any atom is -0.298 e. The first kappa shape index (κ1) is 12.8. The average Bonchev–Trinajstić information content (AvgIpc) is 2.80. The Bertz CT molecular complexity index is 829. The second kappa shape index (κ2) is 5.06. The Morgan fingerprint density at radius 3 is 2.80 bits per heavy atom. The predicted octanol–water partition coefficient (Wildman–Crippen LogP) is 4.35. The van der Waals surface area contributed by atoms with Gasteiger partial charge in [-0.25, -0.2) is 4.98 Å². The molecule has 0 unspecified atom stereocenters. The Labute approximate surface area is 121 Å². The van der Waals surface area contributed by atoms with Crippen molar-refractivity contribution in [3.63, 3.8) is 0 Å². The second-order valence-corrected chi connectivity index (χ2v) is 5.89. The molecule has 100 valence electrons. The van der Waals surface area contributed by atoms with E-state index in [1.165, 1.54) is 11.3 Å². The average molecular weight is 282 g/mol. The van der Waals surface area contributed by atoms with Crippen LogP contribution in [0.2, 0.25) is 0 Å². The highest BCUT2D eigenvalue weighted by molar-refractivity contribution is 7.22. The minimum atomic E-state index is -0.131. The summed E-state index contributed by atoms with van der Waals surface area (Å²) >= 11 is 1.50. The lowest BCUT2D eigenvalue weighted by Crippen LogP contribution is -2.07. The van der Waals surface area contributed by atoms with Crippen LogP contribution in [0.4, 0.5) is 5.13 Å². The summed E-state index contributed by atoms with van der Waals surface area (Å²) < 4.78 is 1.08. The van der Waals surface area contributed by atoms with E-state index >= 15 is 0 Å². The first-order valence-electron chi connectivity index (χ1n) is 6.37. The number of carbonyl (C=O) groups excluding carboxylic acids is 1. The number of nitrogens with zero attached hydrogens (tertiary/aromatic N) is 1. The molecule has 2 aromatic carbocycles. The second-order valence-electron chi connectivity index (χ2n) is 4.86. The molecule has 3 rings (SSSR count). The Balaban J connectivity index is 2.05. The molecule has 4 heteroatoms. The highest BCUT2D eigenvalue weighted by Crippen LogP contribution is 2.31. The summed E-state index contributed by atoms with van der Waals surface area (Å²) in [6, 6.07) is 12.3. The van der Waals surface area contributed by atoms with Crippen LogP contribution in [0.25, 0.3) is 21.0 Å². The predicted molar refractivity (Wildman–Crippen MR) is 85.2 cm³/mol. The molecular formula is C16H14N2OS. The van der Waals surface area contributed by atoms with Gasteiger partial charge in [0, 0.05) is 11.5 Å². The van der Waals surface area contributed by atoms with Crippen LogP contribution < -0.4 is 5.32 Å². The Morgan fingerprint density at radius 2 is 2.00 bits per heavy atom. The number of aromatic nitrogens is 1. The van der Waals surface area contributed by atoms with Crippen molar-refractivity contribution in [1.82, 2.24) is 4.98 Å². The van der Waals surface area contributed by atoms with Crippen LogP contribution in [0.15, 0.2) is 48.0 Å². The summed E-state index contributed by atoms with van der Waals surface area (Å²) in [5, 5.41) is 5.73. The van der Waals surface area contributed by atoms with Crippen molar-refractivity contribution in [3.05, 3.63) is 48.0 Å². The number of amides is 1. The van der Waals surface area contributed by atoms with Crippen molar-refractivity contribution in [2.24, 2.45) is 0 Å². The highest BCUT2D eigenvalue weighted by Gasteiger charge is 2.08. The van der Waals surface area contributed by atoms with Crippen LogP contribution in [-0.4, -0.2) is 10.9 Å². The van der Waals surface area contributed by atoms with E-state index in [-0.39, 0.29) is 5.91 Å². The number of rotatable bonds is 2. The van der Waals surface area contributed by atoms with Gasteiger partial charge in [-0.3, -0.25) is 10.1 Å². The molecule has 0 aliphatic heterocycles. The fourth-order valence-electron chi connectivity index (χ4n) is 2.12. The smallest absolute Gasteiger partial charge is 0.250 e. The summed E-state index contributed by atoms with van der Waals surface area (Å²) in [6.45, 7) is 3.79. The third-order valence-electron chi connectivity index (χ3n) is 2.93. The van der Waals surface area contributed by atoms with E-state index < -0.39 is 0 Å². The number of anilines is 1. The number of hydrogen-bond donors (Lipinski definition) is 1. The molecule has 3 nitrogen and oxygen atoms in total. The van der Waals surface area contributed by atoms with Crippen LogP contribution in [0, 0.1) is 0 Å². The molecule has 1 N–H and O–H groups in total. The Morgan fingerprint density at radius 1 is 1.20 bits per heavy atom. The maximum absolute atomic E-state index is 11.7. The van der Waals surface area contributed by atoms with Crippen LogP contribution >= 0.6 is 11.3 Å². The van der Waals surface area contributed by atoms with Crippen LogP contribution in [0.5, 0.6) is 0 Å². The molecule has 0 aliphatic rings. The number of benzene rings is 2. The molecule has 1 aromatic heterocycles. The zero-order valence-electron chi connectivity index (χ0n) is 11.3. The van der Waals surface area contributed by atoms with Crippen molar-refractivity contribution in [2.75, 3.05) is 5.32 Å². The van der Waals surface area contributed by atoms with Gasteiger partial charge in [0.05, 0.1) is 10.2 Å². The highest BCUT2D eigenvalue weighted by atomic mass is 32.1. The normalized spacial score (nSPS) is 10.7. The van der Waals surface area contributed by atoms with Gasteiger partial charge in [-0.15, -0.1) is 0 Å². The van der Waals surface area contributed by atoms with Crippen LogP contribution in [0.3, 0.4) is 0 Å². The van der Waals surface area contributed by atoms with Crippen molar-refractivity contribution in [3.8, 4) is 0 Å². The molecule has 1 amide bonds. The third-order valence-corrected chi connectivity index (χ3v) is 3.87.